The first-order valence-corrected chi connectivity index (χ1v) is 12.8. The van der Waals surface area contributed by atoms with Crippen LogP contribution in [0.5, 0.6) is 5.75 Å². The molecule has 1 aromatic rings. The molecule has 0 amide bonds. The largest absolute Gasteiger partial charge is 0.497 e. The van der Waals surface area contributed by atoms with Crippen LogP contribution in [0.15, 0.2) is 24.3 Å². The molecule has 1 heterocycles. The van der Waals surface area contributed by atoms with Gasteiger partial charge in [-0.2, -0.15) is 0 Å². The number of methoxy groups -OCH3 is 2. The molecule has 0 aliphatic carbocycles. The average molecular weight is 474 g/mol. The van der Waals surface area contributed by atoms with Gasteiger partial charge in [-0.1, -0.05) is 12.1 Å². The van der Waals surface area contributed by atoms with Gasteiger partial charge < -0.3 is 18.9 Å². The van der Waals surface area contributed by atoms with E-state index in [1.54, 1.807) is 14.2 Å². The topological polar surface area (TPSA) is 84.5 Å². The van der Waals surface area contributed by atoms with Crippen LogP contribution in [-0.4, -0.2) is 51.8 Å². The minimum absolute atomic E-state index is 0.0342. The first-order valence-electron chi connectivity index (χ1n) is 11.3. The highest BCUT2D eigenvalue weighted by molar-refractivity contribution is 7.51. The smallest absolute Gasteiger partial charge is 0.406 e. The maximum atomic E-state index is 13.2. The van der Waals surface area contributed by atoms with Gasteiger partial charge in [0, 0.05) is 25.3 Å². The lowest BCUT2D eigenvalue weighted by Gasteiger charge is -2.29. The van der Waals surface area contributed by atoms with Gasteiger partial charge in [-0.05, 0) is 65.5 Å². The van der Waals surface area contributed by atoms with E-state index in [9.17, 15) is 4.57 Å². The normalized spacial score (nSPS) is 21.9. The van der Waals surface area contributed by atoms with Crippen molar-refractivity contribution in [2.75, 3.05) is 34.0 Å². The molecule has 0 spiro atoms. The van der Waals surface area contributed by atoms with Gasteiger partial charge in [-0.25, -0.2) is 9.65 Å². The summed E-state index contributed by atoms with van der Waals surface area (Å²) in [6.45, 7) is 9.00. The Morgan fingerprint density at radius 2 is 1.88 bits per heavy atom. The van der Waals surface area contributed by atoms with Gasteiger partial charge in [0.25, 0.3) is 0 Å². The Balaban J connectivity index is 1.73. The molecule has 4 atom stereocenters. The van der Waals surface area contributed by atoms with E-state index in [4.69, 9.17) is 28.0 Å². The second-order valence-corrected chi connectivity index (χ2v) is 10.7. The zero-order valence-electron chi connectivity index (χ0n) is 20.3. The lowest BCUT2D eigenvalue weighted by molar-refractivity contribution is -0.0614. The fraction of sp³-hybridized carbons (Fsp3) is 0.739. The molecule has 1 fully saturated rings. The monoisotopic (exact) mass is 473 g/mol. The zero-order chi connectivity index (χ0) is 23.6. The summed E-state index contributed by atoms with van der Waals surface area (Å²) in [5.41, 5.74) is 0.389. The van der Waals surface area contributed by atoms with E-state index < -0.39 is 13.3 Å². The van der Waals surface area contributed by atoms with Crippen molar-refractivity contribution in [2.45, 2.75) is 77.4 Å². The molecule has 0 radical (unpaired) electrons. The zero-order valence-corrected chi connectivity index (χ0v) is 21.2. The molecular formula is C23H40NO7P. The molecular weight excluding hydrogens is 433 g/mol. The third-order valence-electron chi connectivity index (χ3n) is 4.85. The summed E-state index contributed by atoms with van der Waals surface area (Å²) in [7, 11) is -0.143. The summed E-state index contributed by atoms with van der Waals surface area (Å²) >= 11 is 0. The Labute approximate surface area is 192 Å². The molecule has 1 aliphatic heterocycles. The maximum absolute atomic E-state index is 13.2. The number of unbranched alkanes of at least 4 members (excludes halogenated alkanes) is 1. The van der Waals surface area contributed by atoms with Crippen LogP contribution in [-0.2, 0) is 27.8 Å². The fourth-order valence-corrected chi connectivity index (χ4v) is 5.21. The number of benzene rings is 1. The molecule has 1 saturated heterocycles. The minimum atomic E-state index is -3.43. The molecule has 2 rings (SSSR count). The van der Waals surface area contributed by atoms with Gasteiger partial charge in [0.1, 0.15) is 5.75 Å². The quantitative estimate of drug-likeness (QED) is 0.290. The highest BCUT2D eigenvalue weighted by Gasteiger charge is 2.32. The van der Waals surface area contributed by atoms with Crippen LogP contribution in [0.2, 0.25) is 0 Å². The number of nitrogens with one attached hydrogen (secondary N) is 1. The fourth-order valence-electron chi connectivity index (χ4n) is 3.27. The molecule has 1 aliphatic rings. The number of hydrogen-bond donors (Lipinski definition) is 1. The molecule has 4 unspecified atom stereocenters. The number of hydrogen-bond acceptors (Lipinski definition) is 7. The highest BCUT2D eigenvalue weighted by atomic mass is 31.2. The van der Waals surface area contributed by atoms with Crippen molar-refractivity contribution in [3.05, 3.63) is 29.8 Å². The Morgan fingerprint density at radius 1 is 1.16 bits per heavy atom. The van der Waals surface area contributed by atoms with Crippen LogP contribution in [0, 0.1) is 0 Å². The summed E-state index contributed by atoms with van der Waals surface area (Å²) in [6.07, 6.45) is 2.87. The van der Waals surface area contributed by atoms with Crippen LogP contribution in [0.4, 0.5) is 0 Å². The van der Waals surface area contributed by atoms with E-state index in [1.807, 2.05) is 52.0 Å². The van der Waals surface area contributed by atoms with Gasteiger partial charge in [-0.3, -0.25) is 9.05 Å². The van der Waals surface area contributed by atoms with Crippen molar-refractivity contribution >= 4 is 7.75 Å². The van der Waals surface area contributed by atoms with Gasteiger partial charge >= 0.3 is 7.75 Å². The summed E-state index contributed by atoms with van der Waals surface area (Å²) in [5.74, 6) is 0.804. The molecule has 1 N–H and O–H groups in total. The van der Waals surface area contributed by atoms with Crippen LogP contribution < -0.4 is 9.82 Å². The average Bonchev–Trinajstić information content (AvgIpc) is 3.19. The van der Waals surface area contributed by atoms with Crippen molar-refractivity contribution in [3.8, 4) is 5.75 Å². The molecule has 0 aromatic heterocycles. The van der Waals surface area contributed by atoms with Gasteiger partial charge in [-0.15, -0.1) is 0 Å². The molecule has 184 valence electrons. The van der Waals surface area contributed by atoms with Crippen LogP contribution in [0.3, 0.4) is 0 Å². The lowest BCUT2D eigenvalue weighted by Crippen LogP contribution is -2.30. The molecule has 0 saturated carbocycles. The Kier molecular flexibility index (Phi) is 11.1. The third-order valence-corrected chi connectivity index (χ3v) is 6.91. The predicted molar refractivity (Wildman–Crippen MR) is 124 cm³/mol. The third kappa shape index (κ3) is 9.87. The van der Waals surface area contributed by atoms with Crippen molar-refractivity contribution in [1.82, 2.24) is 5.09 Å². The molecule has 9 heteroatoms. The van der Waals surface area contributed by atoms with E-state index in [0.29, 0.717) is 26.2 Å². The maximum Gasteiger partial charge on any atom is 0.406 e. The predicted octanol–water partition coefficient (Wildman–Crippen LogP) is 5.23. The van der Waals surface area contributed by atoms with E-state index in [-0.39, 0.29) is 18.4 Å². The standard InChI is InChI=1S/C23H40NO7P/c1-18(14-16-26-5)24-32(25,31-23(2,3)4)29-15-8-7-9-21-17-28-22(30-21)19-10-12-20(27-6)13-11-19/h10-13,18,21-22H,7-9,14-17H2,1-6H3,(H,24,25). The Morgan fingerprint density at radius 3 is 2.50 bits per heavy atom. The highest BCUT2D eigenvalue weighted by Crippen LogP contribution is 2.48. The second-order valence-electron chi connectivity index (χ2n) is 9.04. The van der Waals surface area contributed by atoms with E-state index >= 15 is 0 Å². The van der Waals surface area contributed by atoms with Gasteiger partial charge in [0.15, 0.2) is 6.29 Å². The summed E-state index contributed by atoms with van der Waals surface area (Å²) in [6, 6.07) is 7.64. The van der Waals surface area contributed by atoms with E-state index in [1.165, 1.54) is 0 Å². The van der Waals surface area contributed by atoms with Crippen molar-refractivity contribution < 1.29 is 32.6 Å². The summed E-state index contributed by atoms with van der Waals surface area (Å²) in [4.78, 5) is 0. The molecule has 1 aromatic carbocycles. The Bertz CT molecular complexity index is 707. The number of rotatable bonds is 14. The van der Waals surface area contributed by atoms with E-state index in [2.05, 4.69) is 5.09 Å². The first-order chi connectivity index (χ1) is 15.1. The summed E-state index contributed by atoms with van der Waals surface area (Å²) < 4.78 is 46.8. The van der Waals surface area contributed by atoms with Crippen molar-refractivity contribution in [1.29, 1.82) is 0 Å². The van der Waals surface area contributed by atoms with Crippen molar-refractivity contribution in [3.63, 3.8) is 0 Å². The van der Waals surface area contributed by atoms with Crippen LogP contribution >= 0.6 is 7.75 Å². The second kappa shape index (κ2) is 13.0. The molecule has 0 bridgehead atoms. The van der Waals surface area contributed by atoms with Crippen molar-refractivity contribution in [2.24, 2.45) is 0 Å². The minimum Gasteiger partial charge on any atom is -0.497 e. The number of ether oxygens (including phenoxy) is 4. The molecule has 8 nitrogen and oxygen atoms in total. The Hall–Kier alpha value is -0.990. The van der Waals surface area contributed by atoms with Crippen LogP contribution in [0.25, 0.3) is 0 Å². The lowest BCUT2D eigenvalue weighted by atomic mass is 10.2. The SMILES string of the molecule is COCCC(C)NP(=O)(OCCCCC1COC(c2ccc(OC)cc2)O1)OC(C)(C)C. The molecule has 32 heavy (non-hydrogen) atoms. The first kappa shape index (κ1) is 27.3. The van der Waals surface area contributed by atoms with Crippen LogP contribution in [0.1, 0.15) is 65.2 Å². The van der Waals surface area contributed by atoms with Gasteiger partial charge in [0.05, 0.1) is 32.0 Å². The van der Waals surface area contributed by atoms with Gasteiger partial charge in [0.2, 0.25) is 0 Å². The summed E-state index contributed by atoms with van der Waals surface area (Å²) in [5, 5.41) is 3.03. The van der Waals surface area contributed by atoms with E-state index in [0.717, 1.165) is 30.6 Å².